The Kier molecular flexibility index (Phi) is 7.94. The molecule has 1 fully saturated rings. The third kappa shape index (κ3) is 5.98. The number of aliphatic hydroxyl groups excluding tert-OH is 1. The van der Waals surface area contributed by atoms with Crippen LogP contribution in [0.1, 0.15) is 69.2 Å². The van der Waals surface area contributed by atoms with Crippen molar-refractivity contribution in [1.82, 2.24) is 14.9 Å². The van der Waals surface area contributed by atoms with E-state index in [2.05, 4.69) is 9.97 Å². The van der Waals surface area contributed by atoms with Crippen LogP contribution in [-0.4, -0.2) is 71.2 Å². The number of aryl methyl sites for hydroxylation is 1. The van der Waals surface area contributed by atoms with E-state index in [9.17, 15) is 4.79 Å². The summed E-state index contributed by atoms with van der Waals surface area (Å²) in [7, 11) is 1.81. The molecule has 34 heavy (non-hydrogen) atoms. The van der Waals surface area contributed by atoms with Gasteiger partial charge in [0.15, 0.2) is 0 Å². The van der Waals surface area contributed by atoms with Crippen molar-refractivity contribution in [2.24, 2.45) is 5.92 Å². The summed E-state index contributed by atoms with van der Waals surface area (Å²) in [6, 6.07) is 0. The highest BCUT2D eigenvalue weighted by Gasteiger charge is 2.32. The zero-order chi connectivity index (χ0) is 24.3. The summed E-state index contributed by atoms with van der Waals surface area (Å²) in [5, 5.41) is 10.1. The van der Waals surface area contributed by atoms with Crippen molar-refractivity contribution >= 4 is 27.6 Å². The van der Waals surface area contributed by atoms with Gasteiger partial charge in [-0.3, -0.25) is 0 Å². The normalized spacial score (nSPS) is 22.6. The maximum Gasteiger partial charge on any atom is 0.410 e. The number of fused-ring (bicyclic) bond motifs is 3. The Labute approximate surface area is 205 Å². The Morgan fingerprint density at radius 2 is 1.97 bits per heavy atom. The molecule has 2 heterocycles. The molecular formula is C25H37N3O5S. The van der Waals surface area contributed by atoms with Gasteiger partial charge in [0.05, 0.1) is 25.2 Å². The number of ether oxygens (including phenoxy) is 3. The monoisotopic (exact) mass is 491 g/mol. The molecule has 1 unspecified atom stereocenters. The number of carbonyl (C=O) groups is 1. The van der Waals surface area contributed by atoms with Crippen LogP contribution in [0.3, 0.4) is 0 Å². The quantitative estimate of drug-likeness (QED) is 0.542. The second kappa shape index (κ2) is 10.7. The van der Waals surface area contributed by atoms with Gasteiger partial charge in [0, 0.05) is 24.4 Å². The average Bonchev–Trinajstić information content (AvgIpc) is 3.34. The average molecular weight is 492 g/mol. The summed E-state index contributed by atoms with van der Waals surface area (Å²) < 4.78 is 17.6. The lowest BCUT2D eigenvalue weighted by Crippen LogP contribution is -2.38. The van der Waals surface area contributed by atoms with Gasteiger partial charge in [0.25, 0.3) is 0 Å². The smallest absolute Gasteiger partial charge is 0.410 e. The largest absolute Gasteiger partial charge is 0.474 e. The van der Waals surface area contributed by atoms with Crippen molar-refractivity contribution in [3.63, 3.8) is 0 Å². The van der Waals surface area contributed by atoms with Crippen LogP contribution in [0, 0.1) is 5.92 Å². The van der Waals surface area contributed by atoms with Crippen molar-refractivity contribution in [3.8, 4) is 5.88 Å². The van der Waals surface area contributed by atoms with Crippen LogP contribution in [0.25, 0.3) is 10.2 Å². The second-order valence-corrected chi connectivity index (χ2v) is 11.5. The molecule has 2 aliphatic carbocycles. The van der Waals surface area contributed by atoms with Crippen LogP contribution < -0.4 is 4.74 Å². The van der Waals surface area contributed by atoms with Crippen LogP contribution in [0.15, 0.2) is 6.33 Å². The van der Waals surface area contributed by atoms with Crippen molar-refractivity contribution in [2.75, 3.05) is 33.4 Å². The lowest BCUT2D eigenvalue weighted by molar-refractivity contribution is 0.0246. The molecule has 0 radical (unpaired) electrons. The molecule has 0 aromatic carbocycles. The maximum absolute atomic E-state index is 12.3. The summed E-state index contributed by atoms with van der Waals surface area (Å²) in [6.07, 6.45) is 7.41. The number of aliphatic hydroxyl groups is 1. The van der Waals surface area contributed by atoms with Gasteiger partial charge in [-0.05, 0) is 70.8 Å². The van der Waals surface area contributed by atoms with Gasteiger partial charge in [-0.1, -0.05) is 0 Å². The molecule has 0 saturated heterocycles. The van der Waals surface area contributed by atoms with Crippen LogP contribution in [0.2, 0.25) is 0 Å². The van der Waals surface area contributed by atoms with E-state index >= 15 is 0 Å². The van der Waals surface area contributed by atoms with E-state index in [0.29, 0.717) is 37.5 Å². The number of nitrogens with zero attached hydrogens (tertiary/aromatic N) is 3. The molecule has 1 amide bonds. The van der Waals surface area contributed by atoms with E-state index < -0.39 is 5.60 Å². The summed E-state index contributed by atoms with van der Waals surface area (Å²) in [5.74, 6) is 1.43. The Hall–Kier alpha value is -1.97. The van der Waals surface area contributed by atoms with Crippen molar-refractivity contribution in [3.05, 3.63) is 16.8 Å². The number of hydrogen-bond acceptors (Lipinski definition) is 8. The first-order valence-electron chi connectivity index (χ1n) is 12.3. The van der Waals surface area contributed by atoms with Crippen molar-refractivity contribution in [2.45, 2.75) is 76.9 Å². The predicted molar refractivity (Wildman–Crippen MR) is 132 cm³/mol. The number of amides is 1. The standard InChI is InChI=1S/C25H37N3O5S/c1-25(2,3)33-24(30)28(4)13-16-5-8-18(9-6-16)32-22-21-20-17(14-31-12-11-29)7-10-19(20)34-23(21)27-15-26-22/h15-18,29H,5-14H2,1-4H3. The number of thiophene rings is 1. The van der Waals surface area contributed by atoms with Gasteiger partial charge in [0.1, 0.15) is 22.9 Å². The molecule has 1 N–H and O–H groups in total. The molecule has 1 atom stereocenters. The van der Waals surface area contributed by atoms with Crippen LogP contribution in [-0.2, 0) is 15.9 Å². The fraction of sp³-hybridized carbons (Fsp3) is 0.720. The number of hydrogen-bond donors (Lipinski definition) is 1. The Bertz CT molecular complexity index is 981. The van der Waals surface area contributed by atoms with Crippen molar-refractivity contribution < 1.29 is 24.1 Å². The highest BCUT2D eigenvalue weighted by molar-refractivity contribution is 7.19. The Balaban J connectivity index is 1.37. The number of carbonyl (C=O) groups excluding carboxylic acids is 1. The van der Waals surface area contributed by atoms with Gasteiger partial charge in [-0.2, -0.15) is 0 Å². The van der Waals surface area contributed by atoms with E-state index in [1.807, 2.05) is 27.8 Å². The lowest BCUT2D eigenvalue weighted by Gasteiger charge is -2.32. The zero-order valence-electron chi connectivity index (χ0n) is 20.7. The molecule has 2 aromatic rings. The number of rotatable bonds is 8. The van der Waals surface area contributed by atoms with E-state index in [-0.39, 0.29) is 18.8 Å². The van der Waals surface area contributed by atoms with E-state index in [1.165, 1.54) is 10.4 Å². The Morgan fingerprint density at radius 1 is 1.21 bits per heavy atom. The van der Waals surface area contributed by atoms with Gasteiger partial charge in [0.2, 0.25) is 5.88 Å². The van der Waals surface area contributed by atoms with Crippen molar-refractivity contribution in [1.29, 1.82) is 0 Å². The fourth-order valence-corrected chi connectivity index (χ4v) is 6.21. The van der Waals surface area contributed by atoms with E-state index in [0.717, 1.165) is 48.7 Å². The first kappa shape index (κ1) is 25.1. The molecule has 188 valence electrons. The predicted octanol–water partition coefficient (Wildman–Crippen LogP) is 4.53. The lowest BCUT2D eigenvalue weighted by atomic mass is 9.87. The summed E-state index contributed by atoms with van der Waals surface area (Å²) in [4.78, 5) is 25.4. The van der Waals surface area contributed by atoms with E-state index in [4.69, 9.17) is 19.3 Å². The highest BCUT2D eigenvalue weighted by atomic mass is 32.1. The molecule has 0 aliphatic heterocycles. The second-order valence-electron chi connectivity index (χ2n) is 10.5. The third-order valence-electron chi connectivity index (χ3n) is 6.56. The molecular weight excluding hydrogens is 454 g/mol. The highest BCUT2D eigenvalue weighted by Crippen LogP contribution is 2.46. The zero-order valence-corrected chi connectivity index (χ0v) is 21.5. The summed E-state index contributed by atoms with van der Waals surface area (Å²) in [5.41, 5.74) is 0.798. The SMILES string of the molecule is CN(CC1CCC(Oc2ncnc3sc4c(c23)C(COCCO)CC4)CC1)C(=O)OC(C)(C)C. The van der Waals surface area contributed by atoms with E-state index in [1.54, 1.807) is 22.6 Å². The van der Waals surface area contributed by atoms with Gasteiger partial charge in [-0.15, -0.1) is 11.3 Å². The van der Waals surface area contributed by atoms with Crippen LogP contribution in [0.4, 0.5) is 4.79 Å². The third-order valence-corrected chi connectivity index (χ3v) is 7.73. The Morgan fingerprint density at radius 3 is 2.68 bits per heavy atom. The molecule has 8 nitrogen and oxygen atoms in total. The summed E-state index contributed by atoms with van der Waals surface area (Å²) in [6.45, 7) is 7.37. The topological polar surface area (TPSA) is 94.0 Å². The first-order chi connectivity index (χ1) is 16.2. The van der Waals surface area contributed by atoms with Crippen LogP contribution in [0.5, 0.6) is 5.88 Å². The fourth-order valence-electron chi connectivity index (χ4n) is 4.98. The molecule has 0 bridgehead atoms. The molecule has 9 heteroatoms. The summed E-state index contributed by atoms with van der Waals surface area (Å²) >= 11 is 1.73. The first-order valence-corrected chi connectivity index (χ1v) is 13.1. The maximum atomic E-state index is 12.3. The minimum atomic E-state index is -0.481. The van der Waals surface area contributed by atoms with Gasteiger partial charge in [-0.25, -0.2) is 14.8 Å². The molecule has 0 spiro atoms. The van der Waals surface area contributed by atoms with Crippen LogP contribution >= 0.6 is 11.3 Å². The number of aromatic nitrogens is 2. The van der Waals surface area contributed by atoms with Gasteiger partial charge >= 0.3 is 6.09 Å². The molecule has 1 saturated carbocycles. The molecule has 2 aliphatic rings. The van der Waals surface area contributed by atoms with Gasteiger partial charge < -0.3 is 24.2 Å². The minimum absolute atomic E-state index is 0.0394. The molecule has 2 aromatic heterocycles. The molecule has 4 rings (SSSR count). The minimum Gasteiger partial charge on any atom is -0.474 e.